The molecule has 3 aliphatic heterocycles. The monoisotopic (exact) mass is 422 g/mol. The van der Waals surface area contributed by atoms with Gasteiger partial charge in [0.25, 0.3) is 5.91 Å². The highest BCUT2D eigenvalue weighted by Crippen LogP contribution is 2.43. The van der Waals surface area contributed by atoms with Gasteiger partial charge in [0.05, 0.1) is 13.2 Å². The van der Waals surface area contributed by atoms with Crippen molar-refractivity contribution in [3.8, 4) is 5.75 Å². The highest BCUT2D eigenvalue weighted by atomic mass is 35.5. The molecular formula is C20H27ClN4O4. The van der Waals surface area contributed by atoms with Crippen LogP contribution in [0.5, 0.6) is 5.75 Å². The van der Waals surface area contributed by atoms with Crippen LogP contribution in [0.2, 0.25) is 0 Å². The van der Waals surface area contributed by atoms with Crippen molar-refractivity contribution in [2.24, 2.45) is 11.8 Å². The van der Waals surface area contributed by atoms with Gasteiger partial charge in [0.1, 0.15) is 17.8 Å². The minimum atomic E-state index is -0.974. The summed E-state index contributed by atoms with van der Waals surface area (Å²) in [6.45, 7) is 5.40. The van der Waals surface area contributed by atoms with Gasteiger partial charge in [-0.05, 0) is 37.5 Å². The van der Waals surface area contributed by atoms with E-state index in [2.05, 4.69) is 10.6 Å². The van der Waals surface area contributed by atoms with Crippen LogP contribution in [0, 0.1) is 11.8 Å². The van der Waals surface area contributed by atoms with E-state index in [0.717, 1.165) is 29.3 Å². The quantitative estimate of drug-likeness (QED) is 0.711. The number of carbonyl (C=O) groups is 3. The first kappa shape index (κ1) is 21.4. The lowest BCUT2D eigenvalue weighted by Gasteiger charge is -2.29. The molecule has 4 amide bonds. The average molecular weight is 423 g/mol. The molecule has 158 valence electrons. The van der Waals surface area contributed by atoms with E-state index in [1.807, 2.05) is 29.2 Å². The van der Waals surface area contributed by atoms with Crippen LogP contribution in [0.3, 0.4) is 0 Å². The Morgan fingerprint density at radius 2 is 1.90 bits per heavy atom. The zero-order chi connectivity index (χ0) is 20.1. The number of benzene rings is 1. The molecule has 0 unspecified atom stereocenters. The molecule has 0 saturated carbocycles. The van der Waals surface area contributed by atoms with Gasteiger partial charge in [-0.3, -0.25) is 14.5 Å². The Morgan fingerprint density at radius 3 is 2.48 bits per heavy atom. The minimum Gasteiger partial charge on any atom is -0.497 e. The third kappa shape index (κ3) is 3.67. The Kier molecular flexibility index (Phi) is 5.78. The molecule has 4 rings (SSSR count). The number of carbonyl (C=O) groups excluding carboxylic acids is 3. The molecule has 0 radical (unpaired) electrons. The molecule has 1 aromatic carbocycles. The first-order valence-corrected chi connectivity index (χ1v) is 9.60. The van der Waals surface area contributed by atoms with E-state index < -0.39 is 11.6 Å². The van der Waals surface area contributed by atoms with Gasteiger partial charge in [-0.15, -0.1) is 12.4 Å². The van der Waals surface area contributed by atoms with Crippen LogP contribution in [-0.2, 0) is 9.59 Å². The molecule has 3 atom stereocenters. The smallest absolute Gasteiger partial charge is 0.325 e. The largest absolute Gasteiger partial charge is 0.497 e. The Balaban J connectivity index is 0.00000240. The van der Waals surface area contributed by atoms with Crippen molar-refractivity contribution in [3.63, 3.8) is 0 Å². The number of urea groups is 1. The first-order valence-electron chi connectivity index (χ1n) is 9.60. The summed E-state index contributed by atoms with van der Waals surface area (Å²) >= 11 is 0. The molecule has 8 nitrogen and oxygen atoms in total. The van der Waals surface area contributed by atoms with Crippen LogP contribution in [0.4, 0.5) is 4.79 Å². The lowest BCUT2D eigenvalue weighted by molar-refractivity contribution is -0.139. The van der Waals surface area contributed by atoms with Crippen molar-refractivity contribution in [3.05, 3.63) is 29.8 Å². The maximum Gasteiger partial charge on any atom is 0.325 e. The van der Waals surface area contributed by atoms with Gasteiger partial charge >= 0.3 is 6.03 Å². The van der Waals surface area contributed by atoms with E-state index in [9.17, 15) is 14.4 Å². The standard InChI is InChI=1S/C20H26N4O4.ClH/c1-20(2)18(26)24(19(27)22-20)11-16(25)23-10-13-8-21-9-15(13)17(23)12-4-6-14(28-3)7-5-12;/h4-7,13,15,17,21H,8-11H2,1-3H3,(H,22,27);1H/t13-,15-,17-;/m0./s1. The van der Waals surface area contributed by atoms with Crippen LogP contribution in [0.15, 0.2) is 24.3 Å². The number of nitrogens with one attached hydrogen (secondary N) is 2. The molecule has 29 heavy (non-hydrogen) atoms. The lowest BCUT2D eigenvalue weighted by Crippen LogP contribution is -2.45. The highest BCUT2D eigenvalue weighted by molar-refractivity contribution is 6.08. The highest BCUT2D eigenvalue weighted by Gasteiger charge is 2.49. The second-order valence-corrected chi connectivity index (χ2v) is 8.29. The number of hydrogen-bond acceptors (Lipinski definition) is 5. The number of hydrogen-bond donors (Lipinski definition) is 2. The fourth-order valence-corrected chi connectivity index (χ4v) is 4.59. The zero-order valence-corrected chi connectivity index (χ0v) is 17.6. The fraction of sp³-hybridized carbons (Fsp3) is 0.550. The summed E-state index contributed by atoms with van der Waals surface area (Å²) in [5.74, 6) is 0.888. The second-order valence-electron chi connectivity index (χ2n) is 8.29. The van der Waals surface area contributed by atoms with Crippen LogP contribution < -0.4 is 15.4 Å². The number of methoxy groups -OCH3 is 1. The van der Waals surface area contributed by atoms with E-state index in [0.29, 0.717) is 18.4 Å². The maximum absolute atomic E-state index is 13.1. The average Bonchev–Trinajstić information content (AvgIpc) is 3.30. The predicted molar refractivity (Wildman–Crippen MR) is 109 cm³/mol. The van der Waals surface area contributed by atoms with Gasteiger partial charge in [0.2, 0.25) is 5.91 Å². The molecule has 0 aromatic heterocycles. The summed E-state index contributed by atoms with van der Waals surface area (Å²) in [4.78, 5) is 40.6. The SMILES string of the molecule is COc1ccc([C@H]2[C@H]3CNC[C@H]3CN2C(=O)CN2C(=O)NC(C)(C)C2=O)cc1.Cl. The number of rotatable bonds is 4. The van der Waals surface area contributed by atoms with Gasteiger partial charge in [-0.2, -0.15) is 0 Å². The number of halogens is 1. The Labute approximate surface area is 176 Å². The van der Waals surface area contributed by atoms with E-state index in [-0.39, 0.29) is 36.8 Å². The summed E-state index contributed by atoms with van der Waals surface area (Å²) < 4.78 is 5.24. The number of amides is 4. The number of fused-ring (bicyclic) bond motifs is 1. The van der Waals surface area contributed by atoms with Gasteiger partial charge in [-0.1, -0.05) is 12.1 Å². The summed E-state index contributed by atoms with van der Waals surface area (Å²) in [5, 5.41) is 6.04. The summed E-state index contributed by atoms with van der Waals surface area (Å²) in [6, 6.07) is 7.18. The van der Waals surface area contributed by atoms with Gasteiger partial charge in [0.15, 0.2) is 0 Å². The summed E-state index contributed by atoms with van der Waals surface area (Å²) in [6.07, 6.45) is 0. The topological polar surface area (TPSA) is 91.0 Å². The van der Waals surface area contributed by atoms with Gasteiger partial charge < -0.3 is 20.3 Å². The molecular weight excluding hydrogens is 396 g/mol. The fourth-order valence-electron chi connectivity index (χ4n) is 4.59. The number of imide groups is 1. The number of nitrogens with zero attached hydrogens (tertiary/aromatic N) is 2. The summed E-state index contributed by atoms with van der Waals surface area (Å²) in [7, 11) is 1.62. The van der Waals surface area contributed by atoms with Gasteiger partial charge in [-0.25, -0.2) is 4.79 Å². The van der Waals surface area contributed by atoms with E-state index in [4.69, 9.17) is 4.74 Å². The van der Waals surface area contributed by atoms with Crippen molar-refractivity contribution >= 4 is 30.3 Å². The van der Waals surface area contributed by atoms with Crippen LogP contribution in [-0.4, -0.2) is 66.5 Å². The van der Waals surface area contributed by atoms with E-state index >= 15 is 0 Å². The molecule has 9 heteroatoms. The summed E-state index contributed by atoms with van der Waals surface area (Å²) in [5.41, 5.74) is 0.0703. The van der Waals surface area contributed by atoms with Gasteiger partial charge in [0, 0.05) is 25.6 Å². The molecule has 3 fully saturated rings. The van der Waals surface area contributed by atoms with E-state index in [1.165, 1.54) is 0 Å². The molecule has 0 spiro atoms. The second kappa shape index (κ2) is 7.84. The van der Waals surface area contributed by atoms with Crippen LogP contribution in [0.1, 0.15) is 25.5 Å². The van der Waals surface area contributed by atoms with Crippen molar-refractivity contribution in [1.29, 1.82) is 0 Å². The number of ether oxygens (including phenoxy) is 1. The molecule has 0 aliphatic carbocycles. The van der Waals surface area contributed by atoms with Crippen LogP contribution in [0.25, 0.3) is 0 Å². The zero-order valence-electron chi connectivity index (χ0n) is 16.8. The Bertz CT molecular complexity index is 813. The van der Waals surface area contributed by atoms with Crippen molar-refractivity contribution < 1.29 is 19.1 Å². The maximum atomic E-state index is 13.1. The number of likely N-dealkylation sites (tertiary alicyclic amines) is 1. The normalized spacial score (nSPS) is 27.5. The Morgan fingerprint density at radius 1 is 1.21 bits per heavy atom. The van der Waals surface area contributed by atoms with E-state index in [1.54, 1.807) is 21.0 Å². The Hall–Kier alpha value is -2.32. The molecule has 0 bridgehead atoms. The lowest BCUT2D eigenvalue weighted by atomic mass is 9.89. The van der Waals surface area contributed by atoms with Crippen LogP contribution >= 0.6 is 12.4 Å². The molecule has 3 aliphatic rings. The van der Waals surface area contributed by atoms with Crippen molar-refractivity contribution in [2.75, 3.05) is 33.3 Å². The molecule has 2 N–H and O–H groups in total. The third-order valence-corrected chi connectivity index (χ3v) is 6.08. The molecule has 1 aromatic rings. The minimum absolute atomic E-state index is 0. The van der Waals surface area contributed by atoms with Crippen molar-refractivity contribution in [2.45, 2.75) is 25.4 Å². The predicted octanol–water partition coefficient (Wildman–Crippen LogP) is 1.17. The molecule has 3 saturated heterocycles. The first-order chi connectivity index (χ1) is 13.3. The molecule has 3 heterocycles. The van der Waals surface area contributed by atoms with Crippen molar-refractivity contribution in [1.82, 2.24) is 20.4 Å². The third-order valence-electron chi connectivity index (χ3n) is 6.08.